The minimum atomic E-state index is -0.830. The zero-order chi connectivity index (χ0) is 29.0. The van der Waals surface area contributed by atoms with Gasteiger partial charge >= 0.3 is 0 Å². The predicted molar refractivity (Wildman–Crippen MR) is 151 cm³/mol. The van der Waals surface area contributed by atoms with Crippen LogP contribution in [0.25, 0.3) is 6.08 Å². The Labute approximate surface area is 231 Å². The fourth-order valence-electron chi connectivity index (χ4n) is 5.15. The lowest BCUT2D eigenvalue weighted by Gasteiger charge is -2.46. The van der Waals surface area contributed by atoms with E-state index in [9.17, 15) is 13.6 Å². The smallest absolute Gasteiger partial charge is 0.219 e. The van der Waals surface area contributed by atoms with E-state index in [2.05, 4.69) is 32.1 Å². The number of allylic oxidation sites excluding steroid dienone is 1. The molecule has 1 saturated heterocycles. The van der Waals surface area contributed by atoms with Crippen LogP contribution in [0.5, 0.6) is 0 Å². The number of halogens is 2. The van der Waals surface area contributed by atoms with E-state index < -0.39 is 17.2 Å². The van der Waals surface area contributed by atoms with Crippen LogP contribution in [-0.4, -0.2) is 70.8 Å². The van der Waals surface area contributed by atoms with Crippen molar-refractivity contribution in [2.45, 2.75) is 32.5 Å². The molecule has 0 unspecified atom stereocenters. The molecule has 1 aromatic carbocycles. The largest absolute Gasteiger partial charge is 0.380 e. The molecule has 0 aliphatic carbocycles. The number of aromatic nitrogens is 3. The van der Waals surface area contributed by atoms with Gasteiger partial charge < -0.3 is 36.0 Å². The summed E-state index contributed by atoms with van der Waals surface area (Å²) in [5, 5.41) is 11.4. The lowest BCUT2D eigenvalue weighted by Crippen LogP contribution is -2.62. The summed E-state index contributed by atoms with van der Waals surface area (Å²) in [5.41, 5.74) is 8.25. The Kier molecular flexibility index (Phi) is 8.90. The number of carbonyl (C=O) groups excluding carboxylic acids is 1. The highest BCUT2D eigenvalue weighted by atomic mass is 19.1. The normalized spacial score (nSPS) is 19.2. The quantitative estimate of drug-likeness (QED) is 0.297. The summed E-state index contributed by atoms with van der Waals surface area (Å²) in [6.07, 6.45) is 7.74. The van der Waals surface area contributed by atoms with Gasteiger partial charge in [-0.15, -0.1) is 0 Å². The third kappa shape index (κ3) is 6.35. The minimum absolute atomic E-state index is 0.0138. The van der Waals surface area contributed by atoms with E-state index in [0.717, 1.165) is 17.8 Å². The number of anilines is 3. The average Bonchev–Trinajstić information content (AvgIpc) is 3.34. The van der Waals surface area contributed by atoms with Crippen molar-refractivity contribution in [3.8, 4) is 0 Å². The van der Waals surface area contributed by atoms with E-state index >= 15 is 0 Å². The van der Waals surface area contributed by atoms with Crippen molar-refractivity contribution in [2.75, 3.05) is 37.5 Å². The molecule has 1 amide bonds. The van der Waals surface area contributed by atoms with Crippen LogP contribution in [0.2, 0.25) is 0 Å². The molecule has 1 fully saturated rings. The number of H-pyrrole nitrogens is 1. The summed E-state index contributed by atoms with van der Waals surface area (Å²) in [6.45, 7) is 4.95. The number of nitrogens with two attached hydrogens (primary N) is 1. The highest BCUT2D eigenvalue weighted by Crippen LogP contribution is 2.32. The van der Waals surface area contributed by atoms with E-state index in [1.165, 1.54) is 25.5 Å². The maximum Gasteiger partial charge on any atom is 0.219 e. The number of hydrogen-bond acceptors (Lipinski definition) is 8. The Balaban J connectivity index is 1.46. The zero-order valence-corrected chi connectivity index (χ0v) is 22.9. The van der Waals surface area contributed by atoms with Crippen LogP contribution in [0.15, 0.2) is 42.9 Å². The Morgan fingerprint density at radius 2 is 2.05 bits per heavy atom. The maximum atomic E-state index is 14.5. The number of aromatic amines is 1. The molecule has 0 spiro atoms. The standard InChI is InChI=1S/C28H34F2N8O2/c1-16-13-38(14-23(32)27(16)37(3)17(2)39)25-7-8-33-12-24(25)36-28-34-11-19(35-28)5-6-22(31)26-20(29)9-18(15-40-4)10-21(26)30/h5-12,16,23,27,31H,13-15,32H2,1-4H3,(H2,34,35,36)/b6-5-,31-22?/t16-,23+,27-/m0/s1. The lowest BCUT2D eigenvalue weighted by atomic mass is 9.88. The van der Waals surface area contributed by atoms with Gasteiger partial charge in [0.05, 0.1) is 53.4 Å². The van der Waals surface area contributed by atoms with Crippen molar-refractivity contribution in [3.05, 3.63) is 71.3 Å². The first-order valence-corrected chi connectivity index (χ1v) is 12.8. The molecule has 4 rings (SSSR count). The second-order valence-corrected chi connectivity index (χ2v) is 9.99. The number of amides is 1. The molecule has 1 aliphatic heterocycles. The van der Waals surface area contributed by atoms with Gasteiger partial charge in [0.2, 0.25) is 11.9 Å². The zero-order valence-electron chi connectivity index (χ0n) is 22.9. The van der Waals surface area contributed by atoms with Gasteiger partial charge in [-0.3, -0.25) is 9.78 Å². The summed E-state index contributed by atoms with van der Waals surface area (Å²) in [7, 11) is 3.22. The SMILES string of the molecule is COCc1cc(F)c(C(=N)/C=C\c2cnc(Nc3cnccc3N3C[C@@H](N)[C@@H](N(C)C(C)=O)[C@@H](C)C3)[nH]2)c(F)c1. The van der Waals surface area contributed by atoms with Gasteiger partial charge in [0, 0.05) is 46.4 Å². The van der Waals surface area contributed by atoms with Crippen LogP contribution in [0, 0.1) is 23.0 Å². The third-order valence-corrected chi connectivity index (χ3v) is 7.00. The molecule has 212 valence electrons. The second-order valence-electron chi connectivity index (χ2n) is 9.99. The summed E-state index contributed by atoms with van der Waals surface area (Å²) in [4.78, 5) is 27.5. The lowest BCUT2D eigenvalue weighted by molar-refractivity contribution is -0.131. The van der Waals surface area contributed by atoms with Crippen molar-refractivity contribution >= 4 is 35.0 Å². The molecule has 40 heavy (non-hydrogen) atoms. The van der Waals surface area contributed by atoms with Crippen LogP contribution in [0.1, 0.15) is 30.7 Å². The predicted octanol–water partition coefficient (Wildman–Crippen LogP) is 3.68. The molecule has 3 aromatic rings. The van der Waals surface area contributed by atoms with Crippen molar-refractivity contribution in [1.29, 1.82) is 5.41 Å². The first kappa shape index (κ1) is 28.8. The molecule has 0 radical (unpaired) electrons. The number of benzene rings is 1. The Hall–Kier alpha value is -4.16. The van der Waals surface area contributed by atoms with Crippen LogP contribution >= 0.6 is 0 Å². The van der Waals surface area contributed by atoms with Crippen molar-refractivity contribution in [1.82, 2.24) is 19.9 Å². The molecule has 10 nitrogen and oxygen atoms in total. The molecule has 0 saturated carbocycles. The summed E-state index contributed by atoms with van der Waals surface area (Å²) in [5.74, 6) is -1.11. The van der Waals surface area contributed by atoms with Crippen molar-refractivity contribution < 1.29 is 18.3 Å². The Morgan fingerprint density at radius 1 is 1.32 bits per heavy atom. The van der Waals surface area contributed by atoms with Gasteiger partial charge in [0.1, 0.15) is 11.6 Å². The first-order valence-electron chi connectivity index (χ1n) is 12.8. The van der Waals surface area contributed by atoms with E-state index in [0.29, 0.717) is 36.0 Å². The molecule has 0 bridgehead atoms. The summed E-state index contributed by atoms with van der Waals surface area (Å²) in [6, 6.07) is 3.91. The number of pyridine rings is 1. The second kappa shape index (κ2) is 12.3. The number of piperidine rings is 1. The van der Waals surface area contributed by atoms with Gasteiger partial charge in [-0.05, 0) is 41.8 Å². The summed E-state index contributed by atoms with van der Waals surface area (Å²) < 4.78 is 33.8. The molecule has 1 aliphatic rings. The van der Waals surface area contributed by atoms with E-state index in [4.69, 9.17) is 15.9 Å². The molecule has 3 atom stereocenters. The number of likely N-dealkylation sites (N-methyl/N-ethyl adjacent to an activating group) is 1. The van der Waals surface area contributed by atoms with Crippen LogP contribution in [-0.2, 0) is 16.1 Å². The number of nitrogens with zero attached hydrogens (tertiary/aromatic N) is 4. The Morgan fingerprint density at radius 3 is 2.70 bits per heavy atom. The number of rotatable bonds is 9. The fourth-order valence-corrected chi connectivity index (χ4v) is 5.15. The van der Waals surface area contributed by atoms with Gasteiger partial charge in [0.25, 0.3) is 0 Å². The van der Waals surface area contributed by atoms with Crippen LogP contribution < -0.4 is 16.0 Å². The van der Waals surface area contributed by atoms with Crippen molar-refractivity contribution in [3.63, 3.8) is 0 Å². The number of ether oxygens (including phenoxy) is 1. The number of hydrogen-bond donors (Lipinski definition) is 4. The van der Waals surface area contributed by atoms with E-state index in [-0.39, 0.29) is 36.2 Å². The molecule has 2 aromatic heterocycles. The van der Waals surface area contributed by atoms with Gasteiger partial charge in [-0.25, -0.2) is 13.8 Å². The first-order chi connectivity index (χ1) is 19.1. The Bertz CT molecular complexity index is 1370. The molecular formula is C28H34F2N8O2. The fraction of sp³-hybridized carbons (Fsp3) is 0.357. The monoisotopic (exact) mass is 552 g/mol. The number of methoxy groups -OCH3 is 1. The molecule has 12 heteroatoms. The highest BCUT2D eigenvalue weighted by Gasteiger charge is 2.36. The van der Waals surface area contributed by atoms with E-state index in [1.54, 1.807) is 31.3 Å². The van der Waals surface area contributed by atoms with Crippen molar-refractivity contribution in [2.24, 2.45) is 11.7 Å². The number of nitrogens with one attached hydrogen (secondary N) is 3. The average molecular weight is 553 g/mol. The topological polar surface area (TPSA) is 136 Å². The van der Waals surface area contributed by atoms with Gasteiger partial charge in [0.15, 0.2) is 0 Å². The van der Waals surface area contributed by atoms with Gasteiger partial charge in [-0.2, -0.15) is 0 Å². The van der Waals surface area contributed by atoms with E-state index in [1.807, 2.05) is 6.07 Å². The maximum absolute atomic E-state index is 14.5. The molecule has 3 heterocycles. The minimum Gasteiger partial charge on any atom is -0.380 e. The van der Waals surface area contributed by atoms with Crippen LogP contribution in [0.3, 0.4) is 0 Å². The number of imidazole rings is 1. The third-order valence-electron chi connectivity index (χ3n) is 7.00. The number of carbonyl (C=O) groups is 1. The summed E-state index contributed by atoms with van der Waals surface area (Å²) >= 11 is 0. The van der Waals surface area contributed by atoms with Crippen LogP contribution in [0.4, 0.5) is 26.1 Å². The molecule has 5 N–H and O–H groups in total. The molecular weight excluding hydrogens is 518 g/mol. The highest BCUT2D eigenvalue weighted by molar-refractivity contribution is 6.09. The van der Waals surface area contributed by atoms with Gasteiger partial charge in [-0.1, -0.05) is 6.92 Å².